The average molecular weight is 289 g/mol. The number of anilines is 1. The summed E-state index contributed by atoms with van der Waals surface area (Å²) in [6.45, 7) is 1.47. The van der Waals surface area contributed by atoms with Crippen LogP contribution in [0.1, 0.15) is 13.3 Å². The molecule has 1 saturated heterocycles. The van der Waals surface area contributed by atoms with E-state index in [4.69, 9.17) is 0 Å². The van der Waals surface area contributed by atoms with Crippen molar-refractivity contribution in [3.63, 3.8) is 0 Å². The van der Waals surface area contributed by atoms with E-state index in [-0.39, 0.29) is 29.0 Å². The molecular formula is C12H10F3NO2S. The topological polar surface area (TPSA) is 37.4 Å². The highest BCUT2D eigenvalue weighted by Gasteiger charge is 2.33. The Labute approximate surface area is 111 Å². The summed E-state index contributed by atoms with van der Waals surface area (Å²) in [6, 6.07) is 1.06. The normalized spacial score (nSPS) is 19.1. The van der Waals surface area contributed by atoms with E-state index in [1.807, 2.05) is 0 Å². The molecule has 0 N–H and O–H groups in total. The van der Waals surface area contributed by atoms with E-state index in [9.17, 15) is 22.8 Å². The Morgan fingerprint density at radius 1 is 1.26 bits per heavy atom. The molecule has 0 saturated carbocycles. The lowest BCUT2D eigenvalue weighted by atomic mass is 10.2. The van der Waals surface area contributed by atoms with Crippen LogP contribution < -0.4 is 4.90 Å². The lowest BCUT2D eigenvalue weighted by molar-refractivity contribution is -0.117. The molecule has 1 fully saturated rings. The van der Waals surface area contributed by atoms with Gasteiger partial charge in [0, 0.05) is 37.3 Å². The lowest BCUT2D eigenvalue weighted by Crippen LogP contribution is -2.26. The Kier molecular flexibility index (Phi) is 3.84. The molecule has 0 aromatic heterocycles. The second kappa shape index (κ2) is 5.24. The van der Waals surface area contributed by atoms with Crippen LogP contribution in [-0.2, 0) is 9.59 Å². The van der Waals surface area contributed by atoms with Gasteiger partial charge in [0.2, 0.25) is 5.91 Å². The molecule has 0 spiro atoms. The van der Waals surface area contributed by atoms with Crippen LogP contribution in [0.2, 0.25) is 0 Å². The molecule has 1 amide bonds. The van der Waals surface area contributed by atoms with Gasteiger partial charge < -0.3 is 4.90 Å². The Hall–Kier alpha value is -1.50. The van der Waals surface area contributed by atoms with Gasteiger partial charge in [0.05, 0.1) is 5.69 Å². The minimum Gasteiger partial charge on any atom is -0.308 e. The molecule has 1 aromatic rings. The molecule has 0 bridgehead atoms. The SMILES string of the molecule is CC(=O)SC1CC(=O)N(c2cc(F)c(F)cc2F)C1. The molecule has 0 radical (unpaired) electrons. The largest absolute Gasteiger partial charge is 0.308 e. The van der Waals surface area contributed by atoms with E-state index in [0.29, 0.717) is 12.1 Å². The summed E-state index contributed by atoms with van der Waals surface area (Å²) in [6.07, 6.45) is 0.0721. The van der Waals surface area contributed by atoms with Crippen LogP contribution in [0.3, 0.4) is 0 Å². The average Bonchev–Trinajstić information content (AvgIpc) is 2.63. The van der Waals surface area contributed by atoms with Gasteiger partial charge in [0.1, 0.15) is 5.82 Å². The molecule has 1 atom stereocenters. The van der Waals surface area contributed by atoms with E-state index >= 15 is 0 Å². The van der Waals surface area contributed by atoms with Crippen molar-refractivity contribution in [1.82, 2.24) is 0 Å². The number of carbonyl (C=O) groups is 2. The summed E-state index contributed by atoms with van der Waals surface area (Å²) >= 11 is 0.986. The number of amides is 1. The number of halogens is 3. The predicted octanol–water partition coefficient (Wildman–Crippen LogP) is 2.49. The standard InChI is InChI=1S/C12H10F3NO2S/c1-6(17)19-7-2-12(18)16(5-7)11-4-9(14)8(13)3-10(11)15/h3-4,7H,2,5H2,1H3. The summed E-state index contributed by atoms with van der Waals surface area (Å²) in [5, 5.41) is -0.442. The summed E-state index contributed by atoms with van der Waals surface area (Å²) in [5.74, 6) is -3.93. The van der Waals surface area contributed by atoms with Crippen LogP contribution in [0.5, 0.6) is 0 Å². The number of hydrogen-bond donors (Lipinski definition) is 0. The molecule has 1 aliphatic heterocycles. The van der Waals surface area contributed by atoms with Gasteiger partial charge in [-0.25, -0.2) is 13.2 Å². The fourth-order valence-corrected chi connectivity index (χ4v) is 2.86. The fourth-order valence-electron chi connectivity index (χ4n) is 1.94. The predicted molar refractivity (Wildman–Crippen MR) is 65.3 cm³/mol. The molecule has 1 aromatic carbocycles. The second-order valence-electron chi connectivity index (χ2n) is 4.16. The number of nitrogens with zero attached hydrogens (tertiary/aromatic N) is 1. The summed E-state index contributed by atoms with van der Waals surface area (Å²) in [5.41, 5.74) is -0.296. The van der Waals surface area contributed by atoms with Crippen LogP contribution in [-0.4, -0.2) is 22.8 Å². The minimum atomic E-state index is -1.30. The van der Waals surface area contributed by atoms with Crippen molar-refractivity contribution < 1.29 is 22.8 Å². The maximum absolute atomic E-state index is 13.6. The lowest BCUT2D eigenvalue weighted by Gasteiger charge is -2.17. The first-order valence-corrected chi connectivity index (χ1v) is 6.38. The second-order valence-corrected chi connectivity index (χ2v) is 5.63. The quantitative estimate of drug-likeness (QED) is 0.785. The van der Waals surface area contributed by atoms with Crippen molar-refractivity contribution in [1.29, 1.82) is 0 Å². The smallest absolute Gasteiger partial charge is 0.228 e. The molecule has 3 nitrogen and oxygen atoms in total. The van der Waals surface area contributed by atoms with E-state index in [1.54, 1.807) is 0 Å². The molecule has 1 unspecified atom stereocenters. The van der Waals surface area contributed by atoms with Crippen molar-refractivity contribution >= 4 is 28.5 Å². The molecular weight excluding hydrogens is 279 g/mol. The Morgan fingerprint density at radius 2 is 1.89 bits per heavy atom. The highest BCUT2D eigenvalue weighted by Crippen LogP contribution is 2.31. The van der Waals surface area contributed by atoms with Crippen molar-refractivity contribution in [2.45, 2.75) is 18.6 Å². The number of rotatable bonds is 2. The van der Waals surface area contributed by atoms with E-state index in [0.717, 1.165) is 16.7 Å². The molecule has 0 aliphatic carbocycles. The van der Waals surface area contributed by atoms with Gasteiger partial charge in [-0.2, -0.15) is 0 Å². The highest BCUT2D eigenvalue weighted by atomic mass is 32.2. The van der Waals surface area contributed by atoms with Gasteiger partial charge in [-0.3, -0.25) is 9.59 Å². The van der Waals surface area contributed by atoms with Crippen LogP contribution in [0, 0.1) is 17.5 Å². The number of benzene rings is 1. The van der Waals surface area contributed by atoms with Gasteiger partial charge >= 0.3 is 0 Å². The number of hydrogen-bond acceptors (Lipinski definition) is 3. The van der Waals surface area contributed by atoms with Gasteiger partial charge in [0.25, 0.3) is 0 Å². The van der Waals surface area contributed by atoms with Crippen LogP contribution in [0.4, 0.5) is 18.9 Å². The van der Waals surface area contributed by atoms with Gasteiger partial charge in [-0.05, 0) is 0 Å². The third-order valence-corrected chi connectivity index (χ3v) is 3.68. The zero-order chi connectivity index (χ0) is 14.2. The van der Waals surface area contributed by atoms with E-state index < -0.39 is 23.4 Å². The fraction of sp³-hybridized carbons (Fsp3) is 0.333. The summed E-state index contributed by atoms with van der Waals surface area (Å²) in [4.78, 5) is 23.7. The molecule has 7 heteroatoms. The molecule has 2 rings (SSSR count). The van der Waals surface area contributed by atoms with Crippen molar-refractivity contribution in [3.8, 4) is 0 Å². The maximum Gasteiger partial charge on any atom is 0.228 e. The maximum atomic E-state index is 13.6. The third-order valence-electron chi connectivity index (χ3n) is 2.70. The van der Waals surface area contributed by atoms with Gasteiger partial charge in [-0.1, -0.05) is 11.8 Å². The minimum absolute atomic E-state index is 0.0721. The molecule has 1 aliphatic rings. The molecule has 1 heterocycles. The first-order valence-electron chi connectivity index (χ1n) is 5.50. The Balaban J connectivity index is 2.25. The Bertz CT molecular complexity index is 550. The van der Waals surface area contributed by atoms with Gasteiger partial charge in [-0.15, -0.1) is 0 Å². The third kappa shape index (κ3) is 2.91. The first kappa shape index (κ1) is 13.9. The van der Waals surface area contributed by atoms with Gasteiger partial charge in [0.15, 0.2) is 16.7 Å². The zero-order valence-corrected chi connectivity index (χ0v) is 10.8. The first-order chi connectivity index (χ1) is 8.88. The van der Waals surface area contributed by atoms with Crippen LogP contribution in [0.25, 0.3) is 0 Å². The Morgan fingerprint density at radius 3 is 2.53 bits per heavy atom. The molecule has 102 valence electrons. The van der Waals surface area contributed by atoms with Crippen molar-refractivity contribution in [2.75, 3.05) is 11.4 Å². The van der Waals surface area contributed by atoms with E-state index in [1.165, 1.54) is 6.92 Å². The monoisotopic (exact) mass is 289 g/mol. The molecule has 19 heavy (non-hydrogen) atoms. The van der Waals surface area contributed by atoms with Crippen LogP contribution in [0.15, 0.2) is 12.1 Å². The zero-order valence-electron chi connectivity index (χ0n) is 9.95. The summed E-state index contributed by atoms with van der Waals surface area (Å²) in [7, 11) is 0. The van der Waals surface area contributed by atoms with Crippen molar-refractivity contribution in [3.05, 3.63) is 29.6 Å². The van der Waals surface area contributed by atoms with Crippen LogP contribution >= 0.6 is 11.8 Å². The van der Waals surface area contributed by atoms with E-state index in [2.05, 4.69) is 0 Å². The highest BCUT2D eigenvalue weighted by molar-refractivity contribution is 8.14. The number of carbonyl (C=O) groups excluding carboxylic acids is 2. The number of thioether (sulfide) groups is 1. The van der Waals surface area contributed by atoms with Crippen molar-refractivity contribution in [2.24, 2.45) is 0 Å². The summed E-state index contributed by atoms with van der Waals surface area (Å²) < 4.78 is 39.5.